The zero-order valence-electron chi connectivity index (χ0n) is 17.1. The zero-order valence-corrected chi connectivity index (χ0v) is 17.1. The Morgan fingerprint density at radius 1 is 1.19 bits per heavy atom. The van der Waals surface area contributed by atoms with E-state index in [1.807, 2.05) is 30.3 Å². The molecule has 0 spiro atoms. The Bertz CT molecular complexity index is 1000. The highest BCUT2D eigenvalue weighted by molar-refractivity contribution is 5.90. The van der Waals surface area contributed by atoms with Crippen LogP contribution in [0.25, 0.3) is 0 Å². The van der Waals surface area contributed by atoms with Crippen molar-refractivity contribution in [1.29, 1.82) is 0 Å². The van der Waals surface area contributed by atoms with Crippen LogP contribution in [-0.4, -0.2) is 55.2 Å². The molecule has 9 heteroatoms. The first kappa shape index (κ1) is 20.6. The SMILES string of the molecule is CC(=O)NC[C@H]1CN(c2ccc(N3CC(=O)N(Cc4ccccc4)C3)c(F)c2)C(=O)O1. The number of anilines is 2. The summed E-state index contributed by atoms with van der Waals surface area (Å²) in [6, 6.07) is 14.1. The van der Waals surface area contributed by atoms with Gasteiger partial charge in [-0.3, -0.25) is 14.5 Å². The van der Waals surface area contributed by atoms with Gasteiger partial charge in [-0.2, -0.15) is 0 Å². The van der Waals surface area contributed by atoms with Crippen LogP contribution in [-0.2, 0) is 20.9 Å². The second-order valence-corrected chi connectivity index (χ2v) is 7.61. The monoisotopic (exact) mass is 426 g/mol. The van der Waals surface area contributed by atoms with Gasteiger partial charge in [0.25, 0.3) is 0 Å². The number of ether oxygens (including phenoxy) is 1. The van der Waals surface area contributed by atoms with Crippen LogP contribution in [0.4, 0.5) is 20.6 Å². The van der Waals surface area contributed by atoms with Gasteiger partial charge in [0.15, 0.2) is 0 Å². The summed E-state index contributed by atoms with van der Waals surface area (Å²) in [7, 11) is 0. The fraction of sp³-hybridized carbons (Fsp3) is 0.318. The minimum Gasteiger partial charge on any atom is -0.442 e. The molecule has 0 bridgehead atoms. The van der Waals surface area contributed by atoms with Crippen molar-refractivity contribution < 1.29 is 23.5 Å². The number of halogens is 1. The third kappa shape index (κ3) is 4.60. The molecule has 31 heavy (non-hydrogen) atoms. The van der Waals surface area contributed by atoms with E-state index in [1.165, 1.54) is 17.9 Å². The normalized spacial score (nSPS) is 18.5. The molecule has 2 fully saturated rings. The quantitative estimate of drug-likeness (QED) is 0.765. The minimum absolute atomic E-state index is 0.0729. The van der Waals surface area contributed by atoms with E-state index in [9.17, 15) is 18.8 Å². The molecule has 3 amide bonds. The van der Waals surface area contributed by atoms with Gasteiger partial charge >= 0.3 is 6.09 Å². The molecule has 0 aliphatic carbocycles. The average Bonchev–Trinajstić information content (AvgIpc) is 3.29. The molecule has 2 aromatic carbocycles. The highest BCUT2D eigenvalue weighted by Gasteiger charge is 2.34. The summed E-state index contributed by atoms with van der Waals surface area (Å²) in [5, 5.41) is 2.60. The van der Waals surface area contributed by atoms with Crippen LogP contribution in [0.1, 0.15) is 12.5 Å². The first-order chi connectivity index (χ1) is 14.9. The van der Waals surface area contributed by atoms with Gasteiger partial charge < -0.3 is 19.9 Å². The van der Waals surface area contributed by atoms with E-state index >= 15 is 0 Å². The molecule has 0 aromatic heterocycles. The first-order valence-electron chi connectivity index (χ1n) is 9.99. The highest BCUT2D eigenvalue weighted by Crippen LogP contribution is 2.29. The van der Waals surface area contributed by atoms with Gasteiger partial charge in [0.2, 0.25) is 11.8 Å². The summed E-state index contributed by atoms with van der Waals surface area (Å²) in [5.74, 6) is -0.812. The third-order valence-electron chi connectivity index (χ3n) is 5.27. The summed E-state index contributed by atoms with van der Waals surface area (Å²) in [4.78, 5) is 40.3. The second kappa shape index (κ2) is 8.63. The Balaban J connectivity index is 1.43. The number of nitrogens with zero attached hydrogens (tertiary/aromatic N) is 3. The topological polar surface area (TPSA) is 82.2 Å². The van der Waals surface area contributed by atoms with Crippen molar-refractivity contribution >= 4 is 29.3 Å². The van der Waals surface area contributed by atoms with E-state index in [0.717, 1.165) is 5.56 Å². The largest absolute Gasteiger partial charge is 0.442 e. The molecule has 2 aromatic rings. The number of rotatable bonds is 6. The van der Waals surface area contributed by atoms with Gasteiger partial charge in [0.1, 0.15) is 11.9 Å². The summed E-state index contributed by atoms with van der Waals surface area (Å²) < 4.78 is 20.1. The van der Waals surface area contributed by atoms with E-state index in [-0.39, 0.29) is 38.1 Å². The van der Waals surface area contributed by atoms with Crippen LogP contribution in [0.3, 0.4) is 0 Å². The van der Waals surface area contributed by atoms with E-state index < -0.39 is 18.0 Å². The molecule has 1 N–H and O–H groups in total. The van der Waals surface area contributed by atoms with Crippen molar-refractivity contribution in [2.45, 2.75) is 19.6 Å². The Hall–Kier alpha value is -3.62. The van der Waals surface area contributed by atoms with Gasteiger partial charge in [-0.15, -0.1) is 0 Å². The number of hydrogen-bond donors (Lipinski definition) is 1. The highest BCUT2D eigenvalue weighted by atomic mass is 19.1. The molecule has 0 unspecified atom stereocenters. The van der Waals surface area contributed by atoms with Crippen LogP contribution >= 0.6 is 0 Å². The van der Waals surface area contributed by atoms with Gasteiger partial charge in [-0.1, -0.05) is 30.3 Å². The summed E-state index contributed by atoms with van der Waals surface area (Å²) in [5.41, 5.74) is 1.67. The Labute approximate surface area is 179 Å². The number of benzene rings is 2. The lowest BCUT2D eigenvalue weighted by molar-refractivity contribution is -0.127. The van der Waals surface area contributed by atoms with Gasteiger partial charge in [0, 0.05) is 13.5 Å². The number of carbonyl (C=O) groups is 3. The van der Waals surface area contributed by atoms with E-state index in [1.54, 1.807) is 21.9 Å². The van der Waals surface area contributed by atoms with E-state index in [2.05, 4.69) is 5.32 Å². The molecular weight excluding hydrogens is 403 g/mol. The predicted molar refractivity (Wildman–Crippen MR) is 112 cm³/mol. The second-order valence-electron chi connectivity index (χ2n) is 7.61. The fourth-order valence-electron chi connectivity index (χ4n) is 3.72. The van der Waals surface area contributed by atoms with Crippen molar-refractivity contribution in [1.82, 2.24) is 10.2 Å². The van der Waals surface area contributed by atoms with Crippen LogP contribution in [0, 0.1) is 5.82 Å². The summed E-state index contributed by atoms with van der Waals surface area (Å²) >= 11 is 0. The Morgan fingerprint density at radius 3 is 2.68 bits per heavy atom. The van der Waals surface area contributed by atoms with Crippen LogP contribution in [0.5, 0.6) is 0 Å². The number of nitrogens with one attached hydrogen (secondary N) is 1. The fourth-order valence-corrected chi connectivity index (χ4v) is 3.72. The van der Waals surface area contributed by atoms with Gasteiger partial charge in [-0.25, -0.2) is 9.18 Å². The van der Waals surface area contributed by atoms with Crippen LogP contribution in [0.2, 0.25) is 0 Å². The van der Waals surface area contributed by atoms with Crippen molar-refractivity contribution in [3.8, 4) is 0 Å². The zero-order chi connectivity index (χ0) is 22.0. The lowest BCUT2D eigenvalue weighted by Gasteiger charge is -2.21. The maximum atomic E-state index is 14.9. The summed E-state index contributed by atoms with van der Waals surface area (Å²) in [6.07, 6.45) is -1.09. The van der Waals surface area contributed by atoms with E-state index in [4.69, 9.17) is 4.74 Å². The first-order valence-corrected chi connectivity index (χ1v) is 9.99. The molecule has 1 atom stereocenters. The van der Waals surface area contributed by atoms with Crippen molar-refractivity contribution in [3.05, 3.63) is 59.9 Å². The number of cyclic esters (lactones) is 1. The third-order valence-corrected chi connectivity index (χ3v) is 5.27. The van der Waals surface area contributed by atoms with Gasteiger partial charge in [-0.05, 0) is 23.8 Å². The number of amides is 3. The molecule has 2 heterocycles. The number of carbonyl (C=O) groups excluding carboxylic acids is 3. The lowest BCUT2D eigenvalue weighted by atomic mass is 10.2. The van der Waals surface area contributed by atoms with Gasteiger partial charge in [0.05, 0.1) is 37.7 Å². The molecule has 2 aliphatic rings. The smallest absolute Gasteiger partial charge is 0.414 e. The molecule has 4 rings (SSSR count). The van der Waals surface area contributed by atoms with E-state index in [0.29, 0.717) is 17.9 Å². The van der Waals surface area contributed by atoms with Crippen molar-refractivity contribution in [3.63, 3.8) is 0 Å². The molecular formula is C22H23FN4O4. The lowest BCUT2D eigenvalue weighted by Crippen LogP contribution is -2.33. The van der Waals surface area contributed by atoms with Crippen molar-refractivity contribution in [2.24, 2.45) is 0 Å². The molecule has 8 nitrogen and oxygen atoms in total. The maximum Gasteiger partial charge on any atom is 0.414 e. The maximum absolute atomic E-state index is 14.9. The molecule has 162 valence electrons. The molecule has 0 saturated carbocycles. The minimum atomic E-state index is -0.590. The molecule has 2 saturated heterocycles. The van der Waals surface area contributed by atoms with Crippen LogP contribution in [0.15, 0.2) is 48.5 Å². The standard InChI is InChI=1S/C22H23FN4O4/c1-15(28)24-10-18-12-27(22(30)31-18)17-7-8-20(19(23)9-17)25-13-21(29)26(14-25)11-16-5-3-2-4-6-16/h2-9,18H,10-14H2,1H3,(H,24,28)/t18-/m0/s1. The average molecular weight is 426 g/mol. The summed E-state index contributed by atoms with van der Waals surface area (Å²) in [6.45, 7) is 2.64. The van der Waals surface area contributed by atoms with Crippen LogP contribution < -0.4 is 15.1 Å². The molecule has 2 aliphatic heterocycles. The Kier molecular flexibility index (Phi) is 5.75. The Morgan fingerprint density at radius 2 is 1.97 bits per heavy atom. The molecule has 0 radical (unpaired) electrons. The van der Waals surface area contributed by atoms with Crippen molar-refractivity contribution in [2.75, 3.05) is 36.1 Å². The number of hydrogen-bond acceptors (Lipinski definition) is 5. The predicted octanol–water partition coefficient (Wildman–Crippen LogP) is 2.09.